The summed E-state index contributed by atoms with van der Waals surface area (Å²) in [6.45, 7) is 1.20. The number of amides is 1. The van der Waals surface area contributed by atoms with Gasteiger partial charge in [-0.1, -0.05) is 0 Å². The first-order chi connectivity index (χ1) is 9.49. The smallest absolute Gasteiger partial charge is 0.341 e. The number of carboxylic acids is 1. The van der Waals surface area contributed by atoms with E-state index < -0.39 is 17.6 Å². The predicted molar refractivity (Wildman–Crippen MR) is 65.6 cm³/mol. The number of rotatable bonds is 1. The lowest BCUT2D eigenvalue weighted by atomic mass is 10.1. The molecule has 2 aliphatic heterocycles. The van der Waals surface area contributed by atoms with Gasteiger partial charge in [-0.05, 0) is 6.42 Å². The van der Waals surface area contributed by atoms with Crippen LogP contribution in [0.5, 0.6) is 0 Å². The molecular weight excluding hydrogens is 266 g/mol. The molecule has 1 atom stereocenters. The van der Waals surface area contributed by atoms with Crippen LogP contribution in [0.2, 0.25) is 0 Å². The van der Waals surface area contributed by atoms with Crippen LogP contribution in [0, 0.1) is 0 Å². The number of aromatic carboxylic acids is 1. The molecule has 0 bridgehead atoms. The highest BCUT2D eigenvalue weighted by atomic mass is 16.5. The molecule has 3 heterocycles. The number of hydroxylamine groups is 2. The number of fused-ring (bicyclic) bond motifs is 2. The molecule has 0 aromatic carbocycles. The van der Waals surface area contributed by atoms with Crippen molar-refractivity contribution in [1.29, 1.82) is 0 Å². The van der Waals surface area contributed by atoms with Gasteiger partial charge in [-0.15, -0.1) is 0 Å². The summed E-state index contributed by atoms with van der Waals surface area (Å²) in [7, 11) is 0. The Bertz CT molecular complexity index is 653. The van der Waals surface area contributed by atoms with Crippen LogP contribution in [0.25, 0.3) is 0 Å². The lowest BCUT2D eigenvalue weighted by molar-refractivity contribution is -0.188. The van der Waals surface area contributed by atoms with E-state index in [1.807, 2.05) is 0 Å². The van der Waals surface area contributed by atoms with E-state index >= 15 is 0 Å². The van der Waals surface area contributed by atoms with Gasteiger partial charge in [-0.3, -0.25) is 9.59 Å². The monoisotopic (exact) mass is 279 g/mol. The average molecular weight is 279 g/mol. The molecule has 8 nitrogen and oxygen atoms in total. The van der Waals surface area contributed by atoms with Crippen molar-refractivity contribution in [3.63, 3.8) is 0 Å². The molecule has 1 amide bonds. The van der Waals surface area contributed by atoms with E-state index in [4.69, 9.17) is 5.11 Å². The van der Waals surface area contributed by atoms with Crippen LogP contribution in [0.1, 0.15) is 27.3 Å². The minimum atomic E-state index is -1.33. The summed E-state index contributed by atoms with van der Waals surface area (Å²) in [5.41, 5.74) is -0.907. The molecule has 1 saturated heterocycles. The first-order valence-corrected chi connectivity index (χ1v) is 6.23. The van der Waals surface area contributed by atoms with Gasteiger partial charge in [0.2, 0.25) is 0 Å². The third-order valence-electron chi connectivity index (χ3n) is 3.69. The number of pyridine rings is 1. The van der Waals surface area contributed by atoms with Gasteiger partial charge >= 0.3 is 5.97 Å². The first kappa shape index (κ1) is 12.8. The lowest BCUT2D eigenvalue weighted by Gasteiger charge is -2.44. The number of hydrogen-bond donors (Lipinski definition) is 2. The molecule has 20 heavy (non-hydrogen) atoms. The molecule has 1 fully saturated rings. The molecule has 1 aromatic rings. The van der Waals surface area contributed by atoms with E-state index in [0.29, 0.717) is 19.5 Å². The minimum absolute atomic E-state index is 0.159. The molecule has 106 valence electrons. The van der Waals surface area contributed by atoms with Gasteiger partial charge in [-0.2, -0.15) is 5.06 Å². The molecule has 3 rings (SSSR count). The van der Waals surface area contributed by atoms with E-state index in [-0.39, 0.29) is 23.7 Å². The number of nitrogens with zero attached hydrogens (tertiary/aromatic N) is 3. The van der Waals surface area contributed by atoms with E-state index in [1.165, 1.54) is 9.47 Å². The van der Waals surface area contributed by atoms with E-state index in [9.17, 15) is 19.6 Å². The van der Waals surface area contributed by atoms with Crippen molar-refractivity contribution in [1.82, 2.24) is 14.5 Å². The quantitative estimate of drug-likeness (QED) is 0.713. The van der Waals surface area contributed by atoms with Crippen LogP contribution in [-0.4, -0.2) is 56.0 Å². The maximum atomic E-state index is 12.3. The third-order valence-corrected chi connectivity index (χ3v) is 3.69. The summed E-state index contributed by atoms with van der Waals surface area (Å²) >= 11 is 0. The second-order valence-corrected chi connectivity index (χ2v) is 4.89. The summed E-state index contributed by atoms with van der Waals surface area (Å²) in [6.07, 6.45) is 1.29. The Hall–Kier alpha value is -2.19. The summed E-state index contributed by atoms with van der Waals surface area (Å²) in [5.74, 6) is -1.70. The zero-order valence-corrected chi connectivity index (χ0v) is 10.5. The van der Waals surface area contributed by atoms with Gasteiger partial charge in [0, 0.05) is 25.4 Å². The highest BCUT2D eigenvalue weighted by Gasteiger charge is 2.38. The molecular formula is C12H13N3O5. The number of carbonyl (C=O) groups is 2. The highest BCUT2D eigenvalue weighted by molar-refractivity contribution is 5.95. The normalized spacial score (nSPS) is 22.4. The largest absolute Gasteiger partial charge is 0.477 e. The van der Waals surface area contributed by atoms with Crippen LogP contribution in [0.3, 0.4) is 0 Å². The van der Waals surface area contributed by atoms with Crippen LogP contribution < -0.4 is 5.43 Å². The van der Waals surface area contributed by atoms with Crippen molar-refractivity contribution in [2.24, 2.45) is 0 Å². The van der Waals surface area contributed by atoms with Crippen LogP contribution in [0.15, 0.2) is 17.1 Å². The first-order valence-electron chi connectivity index (χ1n) is 6.23. The maximum absolute atomic E-state index is 12.3. The number of carboxylic acid groups (broad SMARTS) is 1. The Balaban J connectivity index is 2.10. The maximum Gasteiger partial charge on any atom is 0.341 e. The summed E-state index contributed by atoms with van der Waals surface area (Å²) < 4.78 is 1.42. The molecule has 0 radical (unpaired) electrons. The molecule has 1 unspecified atom stereocenters. The Morgan fingerprint density at radius 2 is 2.05 bits per heavy atom. The third kappa shape index (κ3) is 1.81. The van der Waals surface area contributed by atoms with Crippen molar-refractivity contribution in [3.05, 3.63) is 33.7 Å². The van der Waals surface area contributed by atoms with E-state index in [0.717, 1.165) is 17.3 Å². The van der Waals surface area contributed by atoms with Crippen LogP contribution in [-0.2, 0) is 6.54 Å². The van der Waals surface area contributed by atoms with Crippen molar-refractivity contribution in [2.45, 2.75) is 19.1 Å². The molecule has 0 spiro atoms. The van der Waals surface area contributed by atoms with Gasteiger partial charge in [0.15, 0.2) is 5.43 Å². The Kier molecular flexibility index (Phi) is 2.84. The SMILES string of the molecule is O=C(O)c1cn2c(cc1=O)C(=O)N1CCCN(O)C1C2. The number of aromatic nitrogens is 1. The van der Waals surface area contributed by atoms with E-state index in [1.54, 1.807) is 0 Å². The average Bonchev–Trinajstić information content (AvgIpc) is 2.40. The van der Waals surface area contributed by atoms with Crippen molar-refractivity contribution in [2.75, 3.05) is 13.1 Å². The Labute approximate surface area is 113 Å². The fraction of sp³-hybridized carbons (Fsp3) is 0.417. The highest BCUT2D eigenvalue weighted by Crippen LogP contribution is 2.22. The van der Waals surface area contributed by atoms with Gasteiger partial charge in [-0.25, -0.2) is 4.79 Å². The molecule has 2 N–H and O–H groups in total. The zero-order valence-electron chi connectivity index (χ0n) is 10.5. The summed E-state index contributed by atoms with van der Waals surface area (Å²) in [5, 5.41) is 19.9. The minimum Gasteiger partial charge on any atom is -0.477 e. The van der Waals surface area contributed by atoms with Gasteiger partial charge in [0.1, 0.15) is 17.4 Å². The fourth-order valence-electron chi connectivity index (χ4n) is 2.68. The summed E-state index contributed by atoms with van der Waals surface area (Å²) in [4.78, 5) is 36.5. The van der Waals surface area contributed by atoms with Crippen molar-refractivity contribution < 1.29 is 19.9 Å². The topological polar surface area (TPSA) is 103 Å². The Morgan fingerprint density at radius 1 is 1.30 bits per heavy atom. The molecule has 0 aliphatic carbocycles. The zero-order chi connectivity index (χ0) is 14.4. The van der Waals surface area contributed by atoms with Gasteiger partial charge in [0.25, 0.3) is 5.91 Å². The second kappa shape index (κ2) is 4.43. The predicted octanol–water partition coefficient (Wildman–Crippen LogP) is -0.577. The molecule has 0 saturated carbocycles. The van der Waals surface area contributed by atoms with Crippen molar-refractivity contribution >= 4 is 11.9 Å². The van der Waals surface area contributed by atoms with Crippen molar-refractivity contribution in [3.8, 4) is 0 Å². The Morgan fingerprint density at radius 3 is 2.75 bits per heavy atom. The summed E-state index contributed by atoms with van der Waals surface area (Å²) in [6, 6.07) is 1.05. The van der Waals surface area contributed by atoms with Gasteiger partial charge < -0.3 is 19.8 Å². The fourth-order valence-corrected chi connectivity index (χ4v) is 2.68. The molecule has 8 heteroatoms. The number of carbonyl (C=O) groups excluding carboxylic acids is 1. The number of hydrogen-bond acceptors (Lipinski definition) is 5. The second-order valence-electron chi connectivity index (χ2n) is 4.89. The van der Waals surface area contributed by atoms with Gasteiger partial charge in [0.05, 0.1) is 6.54 Å². The van der Waals surface area contributed by atoms with E-state index in [2.05, 4.69) is 0 Å². The van der Waals surface area contributed by atoms with Crippen LogP contribution >= 0.6 is 0 Å². The van der Waals surface area contributed by atoms with Crippen LogP contribution in [0.4, 0.5) is 0 Å². The lowest BCUT2D eigenvalue weighted by Crippen LogP contribution is -2.59. The molecule has 1 aromatic heterocycles. The molecule has 2 aliphatic rings. The standard InChI is InChI=1S/C12H13N3O5/c16-9-4-8-11(17)14-2-1-3-15(20)10(14)6-13(8)5-7(9)12(18)19/h4-5,10,20H,1-3,6H2,(H,18,19).